The van der Waals surface area contributed by atoms with Crippen LogP contribution in [0.3, 0.4) is 0 Å². The molecular formula is C17H32IN3O2. The molecular weight excluding hydrogens is 405 g/mol. The third-order valence-corrected chi connectivity index (χ3v) is 5.76. The van der Waals surface area contributed by atoms with Crippen LogP contribution in [0.15, 0.2) is 4.99 Å². The van der Waals surface area contributed by atoms with E-state index in [1.54, 1.807) is 0 Å². The van der Waals surface area contributed by atoms with Gasteiger partial charge in [-0.25, -0.2) is 0 Å². The van der Waals surface area contributed by atoms with Crippen LogP contribution in [-0.2, 0) is 9.47 Å². The maximum Gasteiger partial charge on any atom is 0.191 e. The molecule has 0 aromatic rings. The predicted molar refractivity (Wildman–Crippen MR) is 104 cm³/mol. The molecule has 3 aliphatic rings. The van der Waals surface area contributed by atoms with E-state index in [4.69, 9.17) is 9.47 Å². The highest BCUT2D eigenvalue weighted by molar-refractivity contribution is 14.0. The molecule has 0 aromatic heterocycles. The summed E-state index contributed by atoms with van der Waals surface area (Å²) in [6.45, 7) is 5.48. The Morgan fingerprint density at radius 1 is 1.35 bits per heavy atom. The number of aliphatic imine (C=N–C) groups is 1. The minimum absolute atomic E-state index is 0. The number of ether oxygens (including phenoxy) is 2. The van der Waals surface area contributed by atoms with E-state index in [0.29, 0.717) is 23.5 Å². The zero-order valence-electron chi connectivity index (χ0n) is 14.5. The van der Waals surface area contributed by atoms with Gasteiger partial charge in [0.15, 0.2) is 5.96 Å². The summed E-state index contributed by atoms with van der Waals surface area (Å²) in [6.07, 6.45) is 8.05. The molecule has 3 atom stereocenters. The van der Waals surface area contributed by atoms with Gasteiger partial charge in [0.25, 0.3) is 0 Å². The van der Waals surface area contributed by atoms with Crippen molar-refractivity contribution in [1.29, 1.82) is 0 Å². The lowest BCUT2D eigenvalue weighted by Gasteiger charge is -2.57. The molecule has 5 nitrogen and oxygen atoms in total. The van der Waals surface area contributed by atoms with Crippen LogP contribution < -0.4 is 10.6 Å². The molecule has 0 bridgehead atoms. The van der Waals surface area contributed by atoms with Crippen LogP contribution in [0.1, 0.15) is 45.4 Å². The fourth-order valence-electron chi connectivity index (χ4n) is 4.77. The second-order valence-electron chi connectivity index (χ2n) is 6.86. The van der Waals surface area contributed by atoms with E-state index in [0.717, 1.165) is 38.7 Å². The lowest BCUT2D eigenvalue weighted by Crippen LogP contribution is -2.69. The number of hydrogen-bond acceptors (Lipinski definition) is 3. The summed E-state index contributed by atoms with van der Waals surface area (Å²) in [5.41, 5.74) is 0.379. The number of fused-ring (bicyclic) bond motifs is 2. The van der Waals surface area contributed by atoms with Gasteiger partial charge in [0.05, 0.1) is 6.10 Å². The van der Waals surface area contributed by atoms with Crippen molar-refractivity contribution in [1.82, 2.24) is 10.6 Å². The number of nitrogens with zero attached hydrogens (tertiary/aromatic N) is 1. The van der Waals surface area contributed by atoms with Crippen molar-refractivity contribution in [3.05, 3.63) is 0 Å². The number of hydrogen-bond donors (Lipinski definition) is 2. The third kappa shape index (κ3) is 3.79. The normalized spacial score (nSPS) is 31.4. The summed E-state index contributed by atoms with van der Waals surface area (Å²) in [4.78, 5) is 4.41. The Balaban J connectivity index is 0.00000192. The molecule has 2 N–H and O–H groups in total. The van der Waals surface area contributed by atoms with E-state index in [-0.39, 0.29) is 24.0 Å². The molecule has 3 unspecified atom stereocenters. The van der Waals surface area contributed by atoms with Gasteiger partial charge in [0, 0.05) is 50.8 Å². The first-order chi connectivity index (χ1) is 10.8. The summed E-state index contributed by atoms with van der Waals surface area (Å²) in [5, 5.41) is 7.15. The van der Waals surface area contributed by atoms with Crippen molar-refractivity contribution in [2.75, 3.05) is 33.4 Å². The fourth-order valence-corrected chi connectivity index (χ4v) is 4.77. The predicted octanol–water partition coefficient (Wildman–Crippen LogP) is 2.54. The Hall–Kier alpha value is -0.0800. The highest BCUT2D eigenvalue weighted by Crippen LogP contribution is 2.60. The summed E-state index contributed by atoms with van der Waals surface area (Å²) in [7, 11) is 1.86. The first kappa shape index (κ1) is 19.2. The molecule has 6 heteroatoms. The van der Waals surface area contributed by atoms with Crippen molar-refractivity contribution in [2.24, 2.45) is 16.3 Å². The quantitative estimate of drug-likeness (QED) is 0.290. The Labute approximate surface area is 157 Å². The van der Waals surface area contributed by atoms with Crippen LogP contribution in [-0.4, -0.2) is 51.5 Å². The highest BCUT2D eigenvalue weighted by atomic mass is 127. The summed E-state index contributed by atoms with van der Waals surface area (Å²) >= 11 is 0. The van der Waals surface area contributed by atoms with E-state index in [1.807, 2.05) is 14.0 Å². The van der Waals surface area contributed by atoms with Gasteiger partial charge in [-0.15, -0.1) is 24.0 Å². The maximum absolute atomic E-state index is 6.04. The van der Waals surface area contributed by atoms with Crippen molar-refractivity contribution in [2.45, 2.75) is 57.6 Å². The van der Waals surface area contributed by atoms with Crippen LogP contribution in [0.2, 0.25) is 0 Å². The van der Waals surface area contributed by atoms with Crippen LogP contribution >= 0.6 is 24.0 Å². The van der Waals surface area contributed by atoms with Gasteiger partial charge < -0.3 is 20.1 Å². The van der Waals surface area contributed by atoms with E-state index in [2.05, 4.69) is 15.6 Å². The lowest BCUT2D eigenvalue weighted by atomic mass is 9.54. The smallest absolute Gasteiger partial charge is 0.191 e. The van der Waals surface area contributed by atoms with Gasteiger partial charge in [-0.3, -0.25) is 4.99 Å². The van der Waals surface area contributed by atoms with Crippen LogP contribution in [0.5, 0.6) is 0 Å². The second kappa shape index (κ2) is 8.85. The average molecular weight is 437 g/mol. The Bertz CT molecular complexity index is 399. The summed E-state index contributed by atoms with van der Waals surface area (Å²) < 4.78 is 11.4. The average Bonchev–Trinajstić information content (AvgIpc) is 3.18. The molecule has 0 aromatic carbocycles. The number of guanidine groups is 1. The Morgan fingerprint density at radius 2 is 2.13 bits per heavy atom. The molecule has 1 saturated heterocycles. The number of rotatable bonds is 6. The standard InChI is InChI=1S/C17H31N3O2.HI/c1-3-21-11-6-10-19-16(18-2)20-14-13-7-12-22-15(13)17(14)8-4-5-9-17;/h13-15H,3-12H2,1-2H3,(H2,18,19,20);1H. The van der Waals surface area contributed by atoms with Gasteiger partial charge in [0.1, 0.15) is 0 Å². The minimum atomic E-state index is 0. The maximum atomic E-state index is 6.04. The van der Waals surface area contributed by atoms with Crippen molar-refractivity contribution in [3.63, 3.8) is 0 Å². The summed E-state index contributed by atoms with van der Waals surface area (Å²) in [5.74, 6) is 1.62. The SMILES string of the molecule is CCOCCCNC(=NC)NC1C2CCOC2C12CCCC2.I. The largest absolute Gasteiger partial charge is 0.382 e. The second-order valence-corrected chi connectivity index (χ2v) is 6.86. The molecule has 134 valence electrons. The molecule has 0 radical (unpaired) electrons. The first-order valence-corrected chi connectivity index (χ1v) is 8.98. The van der Waals surface area contributed by atoms with Crippen molar-refractivity contribution in [3.8, 4) is 0 Å². The van der Waals surface area contributed by atoms with Crippen LogP contribution in [0.25, 0.3) is 0 Å². The molecule has 0 amide bonds. The molecule has 23 heavy (non-hydrogen) atoms. The molecule has 1 aliphatic heterocycles. The van der Waals surface area contributed by atoms with E-state index < -0.39 is 0 Å². The Morgan fingerprint density at radius 3 is 2.83 bits per heavy atom. The van der Waals surface area contributed by atoms with E-state index in [1.165, 1.54) is 32.1 Å². The summed E-state index contributed by atoms with van der Waals surface area (Å²) in [6, 6.07) is 0.542. The topological polar surface area (TPSA) is 54.9 Å². The van der Waals surface area contributed by atoms with Gasteiger partial charge in [-0.05, 0) is 32.6 Å². The van der Waals surface area contributed by atoms with E-state index in [9.17, 15) is 0 Å². The zero-order chi connectivity index (χ0) is 15.4. The zero-order valence-corrected chi connectivity index (χ0v) is 16.8. The number of halogens is 1. The van der Waals surface area contributed by atoms with Crippen molar-refractivity contribution < 1.29 is 9.47 Å². The molecule has 3 rings (SSSR count). The number of nitrogens with one attached hydrogen (secondary N) is 2. The monoisotopic (exact) mass is 437 g/mol. The van der Waals surface area contributed by atoms with Gasteiger partial charge in [-0.1, -0.05) is 12.8 Å². The van der Waals surface area contributed by atoms with Gasteiger partial charge >= 0.3 is 0 Å². The highest BCUT2D eigenvalue weighted by Gasteiger charge is 2.65. The van der Waals surface area contributed by atoms with Crippen LogP contribution in [0, 0.1) is 11.3 Å². The molecule has 2 saturated carbocycles. The molecule has 2 aliphatic carbocycles. The van der Waals surface area contributed by atoms with E-state index >= 15 is 0 Å². The third-order valence-electron chi connectivity index (χ3n) is 5.76. The van der Waals surface area contributed by atoms with Gasteiger partial charge in [0.2, 0.25) is 0 Å². The van der Waals surface area contributed by atoms with Crippen molar-refractivity contribution >= 4 is 29.9 Å². The molecule has 1 spiro atoms. The fraction of sp³-hybridized carbons (Fsp3) is 0.941. The first-order valence-electron chi connectivity index (χ1n) is 8.98. The molecule has 1 heterocycles. The van der Waals surface area contributed by atoms with Crippen LogP contribution in [0.4, 0.5) is 0 Å². The minimum Gasteiger partial charge on any atom is -0.382 e. The molecule has 3 fully saturated rings. The van der Waals surface area contributed by atoms with Gasteiger partial charge in [-0.2, -0.15) is 0 Å². The Kier molecular flexibility index (Phi) is 7.41. The lowest BCUT2D eigenvalue weighted by molar-refractivity contribution is -0.125.